The minimum Gasteiger partial charge on any atom is -0.392 e. The molecule has 100 valence electrons. The maximum Gasteiger partial charge on any atom is 0.319 e. The highest BCUT2D eigenvalue weighted by molar-refractivity contribution is 5.89. The van der Waals surface area contributed by atoms with Gasteiger partial charge in [-0.25, -0.2) is 13.6 Å². The molecule has 2 amide bonds. The fourth-order valence-electron chi connectivity index (χ4n) is 1.14. The molecule has 0 saturated carbocycles. The highest BCUT2D eigenvalue weighted by atomic mass is 19.1. The maximum atomic E-state index is 13.2. The van der Waals surface area contributed by atoms with E-state index in [1.54, 1.807) is 0 Å². The molecular weight excluding hydrogens is 244 g/mol. The Labute approximate surface area is 103 Å². The predicted octanol–water partition coefficient (Wildman–Crippen LogP) is 0.794. The van der Waals surface area contributed by atoms with Crippen LogP contribution in [0.5, 0.6) is 0 Å². The van der Waals surface area contributed by atoms with Gasteiger partial charge in [-0.05, 0) is 19.1 Å². The monoisotopic (exact) mass is 259 g/mol. The van der Waals surface area contributed by atoms with Gasteiger partial charge in [0.05, 0.1) is 11.8 Å². The van der Waals surface area contributed by atoms with Crippen LogP contribution in [0.4, 0.5) is 19.3 Å². The number of nitrogens with two attached hydrogens (primary N) is 1. The van der Waals surface area contributed by atoms with E-state index in [0.717, 1.165) is 12.1 Å². The number of aliphatic hydroxyl groups is 1. The summed E-state index contributed by atoms with van der Waals surface area (Å²) in [6.45, 7) is 1.52. The highest BCUT2D eigenvalue weighted by Gasteiger charge is 2.12. The van der Waals surface area contributed by atoms with Gasteiger partial charge in [0.2, 0.25) is 0 Å². The standard InChI is InChI=1S/C11H15F2N3O2/c1-6(17)9(14)5-15-11(18)16-10-3-2-7(12)4-8(10)13/h2-4,6,9,17H,5,14H2,1H3,(H2,15,16,18). The number of amides is 2. The Kier molecular flexibility index (Phi) is 4.99. The zero-order chi connectivity index (χ0) is 13.7. The molecule has 0 spiro atoms. The fraction of sp³-hybridized carbons (Fsp3) is 0.364. The number of benzene rings is 1. The van der Waals surface area contributed by atoms with Gasteiger partial charge in [-0.2, -0.15) is 0 Å². The molecule has 0 aromatic heterocycles. The lowest BCUT2D eigenvalue weighted by molar-refractivity contribution is 0.162. The second-order valence-corrected chi connectivity index (χ2v) is 3.86. The first-order valence-corrected chi connectivity index (χ1v) is 5.33. The van der Waals surface area contributed by atoms with Gasteiger partial charge in [0, 0.05) is 18.7 Å². The third-order valence-corrected chi connectivity index (χ3v) is 2.30. The van der Waals surface area contributed by atoms with Crippen LogP contribution in [0.1, 0.15) is 6.92 Å². The summed E-state index contributed by atoms with van der Waals surface area (Å²) in [4.78, 5) is 11.4. The smallest absolute Gasteiger partial charge is 0.319 e. The van der Waals surface area contributed by atoms with Gasteiger partial charge in [0.25, 0.3) is 0 Å². The van der Waals surface area contributed by atoms with Crippen molar-refractivity contribution >= 4 is 11.7 Å². The molecule has 0 aliphatic carbocycles. The molecule has 5 N–H and O–H groups in total. The molecule has 1 aromatic carbocycles. The van der Waals surface area contributed by atoms with Gasteiger partial charge in [0.15, 0.2) is 0 Å². The maximum absolute atomic E-state index is 13.2. The third-order valence-electron chi connectivity index (χ3n) is 2.30. The minimum atomic E-state index is -0.870. The van der Waals surface area contributed by atoms with E-state index >= 15 is 0 Å². The van der Waals surface area contributed by atoms with Gasteiger partial charge >= 0.3 is 6.03 Å². The lowest BCUT2D eigenvalue weighted by Gasteiger charge is -2.15. The van der Waals surface area contributed by atoms with Gasteiger partial charge in [-0.3, -0.25) is 0 Å². The first-order chi connectivity index (χ1) is 8.40. The molecule has 2 unspecified atom stereocenters. The van der Waals surface area contributed by atoms with Crippen molar-refractivity contribution in [1.82, 2.24) is 5.32 Å². The molecule has 0 aliphatic heterocycles. The summed E-state index contributed by atoms with van der Waals surface area (Å²) in [5.74, 6) is -1.60. The van der Waals surface area contributed by atoms with Crippen LogP contribution in [-0.4, -0.2) is 29.8 Å². The van der Waals surface area contributed by atoms with Crippen LogP contribution in [0.2, 0.25) is 0 Å². The summed E-state index contributed by atoms with van der Waals surface area (Å²) < 4.78 is 25.8. The van der Waals surface area contributed by atoms with Gasteiger partial charge in [0.1, 0.15) is 11.6 Å². The van der Waals surface area contributed by atoms with E-state index in [-0.39, 0.29) is 12.2 Å². The molecule has 1 rings (SSSR count). The quantitative estimate of drug-likeness (QED) is 0.645. The summed E-state index contributed by atoms with van der Waals surface area (Å²) >= 11 is 0. The molecule has 0 radical (unpaired) electrons. The van der Waals surface area contributed by atoms with Crippen LogP contribution < -0.4 is 16.4 Å². The zero-order valence-electron chi connectivity index (χ0n) is 9.78. The van der Waals surface area contributed by atoms with Crippen LogP contribution in [0.3, 0.4) is 0 Å². The van der Waals surface area contributed by atoms with Crippen molar-refractivity contribution in [2.24, 2.45) is 5.73 Å². The average Bonchev–Trinajstić information content (AvgIpc) is 2.29. The number of aliphatic hydroxyl groups excluding tert-OH is 1. The molecule has 0 fully saturated rings. The first kappa shape index (κ1) is 14.3. The Morgan fingerprint density at radius 3 is 2.72 bits per heavy atom. The van der Waals surface area contributed by atoms with Crippen molar-refractivity contribution in [3.8, 4) is 0 Å². The largest absolute Gasteiger partial charge is 0.392 e. The average molecular weight is 259 g/mol. The normalized spacial score (nSPS) is 13.8. The third kappa shape index (κ3) is 4.27. The van der Waals surface area contributed by atoms with Crippen LogP contribution >= 0.6 is 0 Å². The number of urea groups is 1. The van der Waals surface area contributed by atoms with Crippen molar-refractivity contribution < 1.29 is 18.7 Å². The Morgan fingerprint density at radius 2 is 2.17 bits per heavy atom. The van der Waals surface area contributed by atoms with E-state index in [1.165, 1.54) is 6.92 Å². The molecule has 1 aromatic rings. The van der Waals surface area contributed by atoms with Crippen molar-refractivity contribution in [2.75, 3.05) is 11.9 Å². The Balaban J connectivity index is 2.50. The van der Waals surface area contributed by atoms with Crippen molar-refractivity contribution in [3.05, 3.63) is 29.8 Å². The van der Waals surface area contributed by atoms with E-state index in [9.17, 15) is 13.6 Å². The van der Waals surface area contributed by atoms with E-state index < -0.39 is 29.8 Å². The molecule has 5 nitrogen and oxygen atoms in total. The number of halogens is 2. The van der Waals surface area contributed by atoms with Crippen molar-refractivity contribution in [2.45, 2.75) is 19.1 Å². The van der Waals surface area contributed by atoms with E-state index in [4.69, 9.17) is 10.8 Å². The molecule has 0 aliphatic rings. The minimum absolute atomic E-state index is 0.0340. The van der Waals surface area contributed by atoms with Gasteiger partial charge in [-0.1, -0.05) is 0 Å². The molecule has 7 heteroatoms. The van der Waals surface area contributed by atoms with Crippen molar-refractivity contribution in [3.63, 3.8) is 0 Å². The van der Waals surface area contributed by atoms with Gasteiger partial charge in [-0.15, -0.1) is 0 Å². The van der Waals surface area contributed by atoms with Crippen molar-refractivity contribution in [1.29, 1.82) is 0 Å². The number of carbonyl (C=O) groups excluding carboxylic acids is 1. The zero-order valence-corrected chi connectivity index (χ0v) is 9.78. The van der Waals surface area contributed by atoms with Gasteiger partial charge < -0.3 is 21.5 Å². The summed E-state index contributed by atoms with van der Waals surface area (Å²) in [6.07, 6.45) is -0.771. The van der Waals surface area contributed by atoms with E-state index in [0.29, 0.717) is 6.07 Å². The molecule has 0 heterocycles. The van der Waals surface area contributed by atoms with E-state index in [2.05, 4.69) is 10.6 Å². The topological polar surface area (TPSA) is 87.4 Å². The van der Waals surface area contributed by atoms with Crippen LogP contribution in [-0.2, 0) is 0 Å². The second-order valence-electron chi connectivity index (χ2n) is 3.86. The first-order valence-electron chi connectivity index (χ1n) is 5.33. The predicted molar refractivity (Wildman–Crippen MR) is 63.0 cm³/mol. The SMILES string of the molecule is CC(O)C(N)CNC(=O)Nc1ccc(F)cc1F. The molecular formula is C11H15F2N3O2. The Bertz CT molecular complexity index is 427. The van der Waals surface area contributed by atoms with Crippen LogP contribution in [0, 0.1) is 11.6 Å². The van der Waals surface area contributed by atoms with Crippen LogP contribution in [0.25, 0.3) is 0 Å². The van der Waals surface area contributed by atoms with E-state index in [1.807, 2.05) is 0 Å². The summed E-state index contributed by atoms with van der Waals surface area (Å²) in [6, 6.07) is 1.50. The lowest BCUT2D eigenvalue weighted by Crippen LogP contribution is -2.44. The summed E-state index contributed by atoms with van der Waals surface area (Å²) in [7, 11) is 0. The lowest BCUT2D eigenvalue weighted by atomic mass is 10.2. The Hall–Kier alpha value is -1.73. The summed E-state index contributed by atoms with van der Waals surface area (Å²) in [5.41, 5.74) is 5.35. The number of rotatable bonds is 4. The highest BCUT2D eigenvalue weighted by Crippen LogP contribution is 2.14. The Morgan fingerprint density at radius 1 is 1.50 bits per heavy atom. The second kappa shape index (κ2) is 6.27. The molecule has 2 atom stereocenters. The molecule has 0 bridgehead atoms. The molecule has 0 saturated heterocycles. The molecule has 18 heavy (non-hydrogen) atoms. The number of anilines is 1. The van der Waals surface area contributed by atoms with Crippen LogP contribution in [0.15, 0.2) is 18.2 Å². The number of hydrogen-bond donors (Lipinski definition) is 4. The summed E-state index contributed by atoms with van der Waals surface area (Å²) in [5, 5.41) is 13.7. The number of nitrogens with one attached hydrogen (secondary N) is 2. The number of hydrogen-bond acceptors (Lipinski definition) is 3. The number of carbonyl (C=O) groups is 1. The fourth-order valence-corrected chi connectivity index (χ4v) is 1.14.